The molecule has 92 valence electrons. The van der Waals surface area contributed by atoms with Gasteiger partial charge in [-0.2, -0.15) is 0 Å². The summed E-state index contributed by atoms with van der Waals surface area (Å²) in [7, 11) is -1.33. The lowest BCUT2D eigenvalue weighted by atomic mass is 10.2. The van der Waals surface area contributed by atoms with E-state index in [0.29, 0.717) is 12.2 Å². The highest BCUT2D eigenvalue weighted by Crippen LogP contribution is 2.22. The Morgan fingerprint density at radius 2 is 2.28 bits per heavy atom. The van der Waals surface area contributed by atoms with Gasteiger partial charge in [0.25, 0.3) is 0 Å². The number of fused-ring (bicyclic) bond motifs is 1. The average molecular weight is 262 g/mol. The molecule has 1 unspecified atom stereocenters. The SMILES string of the molecule is Cc1cncc(Cn2c3c(oc2=O)S(=O)C=C3)c1. The first-order valence-corrected chi connectivity index (χ1v) is 6.59. The predicted octanol–water partition coefficient (Wildman–Crippen LogP) is 1.28. The summed E-state index contributed by atoms with van der Waals surface area (Å²) in [4.78, 5) is 15.8. The Kier molecular flexibility index (Phi) is 2.52. The first-order chi connectivity index (χ1) is 8.65. The number of aromatic nitrogens is 2. The monoisotopic (exact) mass is 262 g/mol. The molecule has 0 aliphatic carbocycles. The highest BCUT2D eigenvalue weighted by atomic mass is 32.2. The molecule has 0 saturated carbocycles. The molecule has 0 amide bonds. The largest absolute Gasteiger partial charge is 0.420 e. The minimum atomic E-state index is -1.33. The van der Waals surface area contributed by atoms with Gasteiger partial charge < -0.3 is 4.42 Å². The number of hydrogen-bond acceptors (Lipinski definition) is 4. The first kappa shape index (κ1) is 11.2. The minimum absolute atomic E-state index is 0.237. The molecule has 2 aromatic rings. The third-order valence-corrected chi connectivity index (χ3v) is 3.75. The molecule has 1 aliphatic rings. The summed E-state index contributed by atoms with van der Waals surface area (Å²) in [6.07, 6.45) is 5.11. The van der Waals surface area contributed by atoms with Crippen LogP contribution in [0.25, 0.3) is 6.08 Å². The Morgan fingerprint density at radius 3 is 3.06 bits per heavy atom. The van der Waals surface area contributed by atoms with Crippen LogP contribution in [-0.2, 0) is 17.3 Å². The Hall–Kier alpha value is -1.95. The van der Waals surface area contributed by atoms with Crippen molar-refractivity contribution in [1.82, 2.24) is 9.55 Å². The van der Waals surface area contributed by atoms with Crippen molar-refractivity contribution in [3.63, 3.8) is 0 Å². The molecular formula is C12H10N2O3S. The van der Waals surface area contributed by atoms with E-state index < -0.39 is 16.6 Å². The van der Waals surface area contributed by atoms with Crippen molar-refractivity contribution in [2.75, 3.05) is 0 Å². The van der Waals surface area contributed by atoms with Crippen LogP contribution >= 0.6 is 0 Å². The van der Waals surface area contributed by atoms with Crippen LogP contribution in [0.5, 0.6) is 0 Å². The van der Waals surface area contributed by atoms with E-state index in [1.165, 1.54) is 9.98 Å². The lowest BCUT2D eigenvalue weighted by molar-refractivity contribution is 0.416. The maximum atomic E-state index is 11.7. The van der Waals surface area contributed by atoms with Crippen molar-refractivity contribution in [2.45, 2.75) is 18.6 Å². The van der Waals surface area contributed by atoms with Gasteiger partial charge in [-0.3, -0.25) is 9.55 Å². The second kappa shape index (κ2) is 4.06. The van der Waals surface area contributed by atoms with Crippen LogP contribution in [0.1, 0.15) is 16.8 Å². The Balaban J connectivity index is 2.04. The molecule has 5 nitrogen and oxygen atoms in total. The zero-order valence-corrected chi connectivity index (χ0v) is 10.4. The minimum Gasteiger partial charge on any atom is -0.398 e. The third kappa shape index (κ3) is 1.74. The van der Waals surface area contributed by atoms with Gasteiger partial charge >= 0.3 is 5.76 Å². The molecule has 0 bridgehead atoms. The van der Waals surface area contributed by atoms with Crippen LogP contribution in [0, 0.1) is 6.92 Å². The molecule has 0 spiro atoms. The number of hydrogen-bond donors (Lipinski definition) is 0. The smallest absolute Gasteiger partial charge is 0.398 e. The van der Waals surface area contributed by atoms with E-state index >= 15 is 0 Å². The van der Waals surface area contributed by atoms with E-state index in [0.717, 1.165) is 11.1 Å². The third-order valence-electron chi connectivity index (χ3n) is 2.70. The van der Waals surface area contributed by atoms with Gasteiger partial charge in [0.1, 0.15) is 16.5 Å². The lowest BCUT2D eigenvalue weighted by Crippen LogP contribution is -2.16. The van der Waals surface area contributed by atoms with E-state index in [4.69, 9.17) is 4.42 Å². The zero-order chi connectivity index (χ0) is 12.7. The molecule has 3 rings (SSSR count). The van der Waals surface area contributed by atoms with Gasteiger partial charge in [0, 0.05) is 17.8 Å². The van der Waals surface area contributed by atoms with Gasteiger partial charge in [0.2, 0.25) is 5.09 Å². The van der Waals surface area contributed by atoms with Gasteiger partial charge in [-0.15, -0.1) is 0 Å². The maximum Gasteiger partial charge on any atom is 0.420 e. The standard InChI is InChI=1S/C12H10N2O3S/c1-8-4-9(6-13-5-8)7-14-10-2-3-18(16)11(10)17-12(14)15/h2-6H,7H2,1H3. The zero-order valence-electron chi connectivity index (χ0n) is 9.62. The molecule has 1 atom stereocenters. The second-order valence-electron chi connectivity index (χ2n) is 4.10. The van der Waals surface area contributed by atoms with Gasteiger partial charge in [-0.05, 0) is 24.1 Å². The van der Waals surface area contributed by atoms with Crippen LogP contribution in [0.15, 0.2) is 38.2 Å². The molecular weight excluding hydrogens is 252 g/mol. The van der Waals surface area contributed by atoms with Gasteiger partial charge in [0.15, 0.2) is 0 Å². The quantitative estimate of drug-likeness (QED) is 0.818. The second-order valence-corrected chi connectivity index (χ2v) is 5.34. The fourth-order valence-electron chi connectivity index (χ4n) is 1.92. The summed E-state index contributed by atoms with van der Waals surface area (Å²) in [5, 5.41) is 1.75. The fraction of sp³-hybridized carbons (Fsp3) is 0.167. The van der Waals surface area contributed by atoms with Crippen LogP contribution in [-0.4, -0.2) is 13.8 Å². The van der Waals surface area contributed by atoms with Crippen LogP contribution in [0.2, 0.25) is 0 Å². The molecule has 18 heavy (non-hydrogen) atoms. The van der Waals surface area contributed by atoms with E-state index in [-0.39, 0.29) is 5.09 Å². The highest BCUT2D eigenvalue weighted by Gasteiger charge is 2.23. The molecule has 1 aliphatic heterocycles. The number of pyridine rings is 1. The first-order valence-electron chi connectivity index (χ1n) is 5.38. The normalized spacial score (nSPS) is 17.1. The van der Waals surface area contributed by atoms with Crippen molar-refractivity contribution in [3.8, 4) is 0 Å². The summed E-state index contributed by atoms with van der Waals surface area (Å²) in [5.41, 5.74) is 2.52. The Bertz CT molecular complexity index is 727. The van der Waals surface area contributed by atoms with Crippen molar-refractivity contribution in [1.29, 1.82) is 0 Å². The summed E-state index contributed by atoms with van der Waals surface area (Å²) < 4.78 is 18.0. The molecule has 0 aromatic carbocycles. The molecule has 3 heterocycles. The van der Waals surface area contributed by atoms with E-state index in [2.05, 4.69) is 4.98 Å². The van der Waals surface area contributed by atoms with E-state index in [1.807, 2.05) is 13.0 Å². The number of oxazole rings is 1. The number of nitrogens with zero attached hydrogens (tertiary/aromatic N) is 2. The van der Waals surface area contributed by atoms with Gasteiger partial charge in [-0.1, -0.05) is 6.07 Å². The van der Waals surface area contributed by atoms with E-state index in [9.17, 15) is 9.00 Å². The highest BCUT2D eigenvalue weighted by molar-refractivity contribution is 7.88. The molecule has 0 N–H and O–H groups in total. The van der Waals surface area contributed by atoms with Crippen molar-refractivity contribution in [3.05, 3.63) is 51.2 Å². The summed E-state index contributed by atoms with van der Waals surface area (Å²) in [6, 6.07) is 1.95. The summed E-state index contributed by atoms with van der Waals surface area (Å²) >= 11 is 0. The maximum absolute atomic E-state index is 11.7. The van der Waals surface area contributed by atoms with Crippen molar-refractivity contribution >= 4 is 16.9 Å². The molecule has 0 saturated heterocycles. The van der Waals surface area contributed by atoms with Gasteiger partial charge in [0.05, 0.1) is 6.54 Å². The van der Waals surface area contributed by atoms with Crippen LogP contribution in [0.4, 0.5) is 0 Å². The van der Waals surface area contributed by atoms with Crippen LogP contribution in [0.3, 0.4) is 0 Å². The van der Waals surface area contributed by atoms with Crippen molar-refractivity contribution in [2.24, 2.45) is 0 Å². The lowest BCUT2D eigenvalue weighted by Gasteiger charge is -2.03. The van der Waals surface area contributed by atoms with Crippen LogP contribution < -0.4 is 5.76 Å². The molecule has 6 heteroatoms. The predicted molar refractivity (Wildman–Crippen MR) is 66.5 cm³/mol. The molecule has 2 aromatic heterocycles. The fourth-order valence-corrected chi connectivity index (χ4v) is 2.84. The topological polar surface area (TPSA) is 65.1 Å². The summed E-state index contributed by atoms with van der Waals surface area (Å²) in [6.45, 7) is 2.31. The molecule has 0 radical (unpaired) electrons. The van der Waals surface area contributed by atoms with Gasteiger partial charge in [-0.25, -0.2) is 9.00 Å². The van der Waals surface area contributed by atoms with Crippen molar-refractivity contribution < 1.29 is 8.63 Å². The number of rotatable bonds is 2. The molecule has 0 fully saturated rings. The van der Waals surface area contributed by atoms with E-state index in [1.54, 1.807) is 18.5 Å². The Morgan fingerprint density at radius 1 is 1.44 bits per heavy atom. The number of aryl methyl sites for hydroxylation is 1. The Labute approximate surface area is 105 Å². The average Bonchev–Trinajstić information content (AvgIpc) is 2.82. The summed E-state index contributed by atoms with van der Waals surface area (Å²) in [5.74, 6) is -0.487.